The van der Waals surface area contributed by atoms with Gasteiger partial charge in [-0.25, -0.2) is 0 Å². The van der Waals surface area contributed by atoms with Crippen LogP contribution in [0.15, 0.2) is 34.1 Å². The van der Waals surface area contributed by atoms with Crippen molar-refractivity contribution in [1.82, 2.24) is 0 Å². The van der Waals surface area contributed by atoms with Gasteiger partial charge < -0.3 is 0 Å². The average molecular weight is 316 g/mol. The lowest BCUT2D eigenvalue weighted by atomic mass is 10.0. The lowest BCUT2D eigenvalue weighted by Gasteiger charge is -2.09. The van der Waals surface area contributed by atoms with Crippen molar-refractivity contribution in [3.63, 3.8) is 0 Å². The molecule has 3 heteroatoms. The monoisotopic (exact) mass is 314 g/mol. The summed E-state index contributed by atoms with van der Waals surface area (Å²) in [4.78, 5) is 1.18. The Morgan fingerprint density at radius 3 is 2.25 bits per heavy atom. The highest BCUT2D eigenvalue weighted by Crippen LogP contribution is 2.36. The molecule has 2 rings (SSSR count). The largest absolute Gasteiger partial charge is 0.131 e. The van der Waals surface area contributed by atoms with E-state index in [9.17, 15) is 0 Å². The van der Waals surface area contributed by atoms with Crippen molar-refractivity contribution in [3.8, 4) is 0 Å². The minimum absolute atomic E-state index is 0.0464. The van der Waals surface area contributed by atoms with E-state index < -0.39 is 0 Å². The first-order valence-corrected chi connectivity index (χ1v) is 7.08. The van der Waals surface area contributed by atoms with Gasteiger partial charge in [-0.1, -0.05) is 29.3 Å². The van der Waals surface area contributed by atoms with Crippen molar-refractivity contribution in [3.05, 3.63) is 55.7 Å². The number of benzene rings is 1. The van der Waals surface area contributed by atoms with Crippen molar-refractivity contribution in [2.45, 2.75) is 19.2 Å². The Morgan fingerprint density at radius 2 is 1.75 bits per heavy atom. The zero-order valence-electron chi connectivity index (χ0n) is 9.13. The summed E-state index contributed by atoms with van der Waals surface area (Å²) in [5, 5.41) is -0.0464. The van der Waals surface area contributed by atoms with E-state index in [1.54, 1.807) is 11.3 Å². The Balaban J connectivity index is 2.37. The molecule has 1 aromatic carbocycles. The Labute approximate surface area is 113 Å². The van der Waals surface area contributed by atoms with E-state index >= 15 is 0 Å². The molecule has 0 spiro atoms. The third-order valence-electron chi connectivity index (χ3n) is 2.38. The molecule has 0 nitrogen and oxygen atoms in total. The molecule has 0 aliphatic rings. The molecule has 0 N–H and O–H groups in total. The smallest absolute Gasteiger partial charge is 0.0928 e. The van der Waals surface area contributed by atoms with Crippen LogP contribution in [-0.2, 0) is 0 Å². The Kier molecular flexibility index (Phi) is 3.73. The summed E-state index contributed by atoms with van der Waals surface area (Å²) < 4.78 is 1.12. The number of rotatable bonds is 2. The Morgan fingerprint density at radius 1 is 1.12 bits per heavy atom. The summed E-state index contributed by atoms with van der Waals surface area (Å²) >= 11 is 11.6. The normalized spacial score (nSPS) is 12.8. The van der Waals surface area contributed by atoms with Crippen LogP contribution in [0.25, 0.3) is 0 Å². The van der Waals surface area contributed by atoms with Crippen LogP contribution < -0.4 is 0 Å². The molecule has 0 saturated carbocycles. The summed E-state index contributed by atoms with van der Waals surface area (Å²) in [6.45, 7) is 4.20. The van der Waals surface area contributed by atoms with E-state index in [-0.39, 0.29) is 5.38 Å². The molecule has 1 aromatic heterocycles. The zero-order valence-corrected chi connectivity index (χ0v) is 12.3. The average Bonchev–Trinajstić information content (AvgIpc) is 2.62. The highest BCUT2D eigenvalue weighted by molar-refractivity contribution is 9.11. The first-order valence-electron chi connectivity index (χ1n) is 5.04. The molecule has 1 atom stereocenters. The summed E-state index contributed by atoms with van der Waals surface area (Å²) in [6, 6.07) is 10.6. The van der Waals surface area contributed by atoms with Crippen LogP contribution in [0.5, 0.6) is 0 Å². The third kappa shape index (κ3) is 2.68. The van der Waals surface area contributed by atoms with Crippen molar-refractivity contribution < 1.29 is 0 Å². The van der Waals surface area contributed by atoms with E-state index in [0.29, 0.717) is 0 Å². The SMILES string of the molecule is Cc1cc(C)cc(C(Cl)c2ccc(Br)s2)c1. The molecule has 0 aliphatic carbocycles. The van der Waals surface area contributed by atoms with Gasteiger partial charge in [0, 0.05) is 4.88 Å². The van der Waals surface area contributed by atoms with Gasteiger partial charge in [-0.15, -0.1) is 22.9 Å². The van der Waals surface area contributed by atoms with Crippen LogP contribution in [0.3, 0.4) is 0 Å². The Bertz CT molecular complexity index is 484. The van der Waals surface area contributed by atoms with E-state index in [2.05, 4.69) is 54.0 Å². The second-order valence-electron chi connectivity index (χ2n) is 3.93. The van der Waals surface area contributed by atoms with Gasteiger partial charge in [-0.3, -0.25) is 0 Å². The number of hydrogen-bond acceptors (Lipinski definition) is 1. The van der Waals surface area contributed by atoms with Gasteiger partial charge in [0.25, 0.3) is 0 Å². The van der Waals surface area contributed by atoms with Crippen LogP contribution in [0.1, 0.15) is 26.9 Å². The molecule has 0 fully saturated rings. The third-order valence-corrected chi connectivity index (χ3v) is 4.69. The number of halogens is 2. The molecule has 0 aliphatic heterocycles. The van der Waals surface area contributed by atoms with Crippen molar-refractivity contribution in [2.75, 3.05) is 0 Å². The van der Waals surface area contributed by atoms with Crippen LogP contribution in [0.2, 0.25) is 0 Å². The van der Waals surface area contributed by atoms with Crippen molar-refractivity contribution in [2.24, 2.45) is 0 Å². The summed E-state index contributed by atoms with van der Waals surface area (Å²) in [6.07, 6.45) is 0. The number of aryl methyl sites for hydroxylation is 2. The van der Waals surface area contributed by atoms with Crippen LogP contribution >= 0.6 is 38.9 Å². The summed E-state index contributed by atoms with van der Waals surface area (Å²) in [7, 11) is 0. The highest BCUT2D eigenvalue weighted by atomic mass is 79.9. The number of thiophene rings is 1. The molecule has 0 amide bonds. The van der Waals surface area contributed by atoms with Crippen molar-refractivity contribution >= 4 is 38.9 Å². The van der Waals surface area contributed by atoms with Gasteiger partial charge in [-0.05, 0) is 47.5 Å². The lowest BCUT2D eigenvalue weighted by Crippen LogP contribution is -1.92. The summed E-state index contributed by atoms with van der Waals surface area (Å²) in [5.74, 6) is 0. The molecule has 1 heterocycles. The second-order valence-corrected chi connectivity index (χ2v) is 6.86. The van der Waals surface area contributed by atoms with Crippen molar-refractivity contribution in [1.29, 1.82) is 0 Å². The van der Waals surface area contributed by atoms with Gasteiger partial charge in [0.05, 0.1) is 9.16 Å². The Hall–Kier alpha value is -0.310. The van der Waals surface area contributed by atoms with E-state index in [0.717, 1.165) is 3.79 Å². The maximum Gasteiger partial charge on any atom is 0.0928 e. The topological polar surface area (TPSA) is 0 Å². The first kappa shape index (κ1) is 12.2. The number of alkyl halides is 1. The second kappa shape index (κ2) is 4.91. The van der Waals surface area contributed by atoms with Gasteiger partial charge in [-0.2, -0.15) is 0 Å². The molecule has 0 saturated heterocycles. The summed E-state index contributed by atoms with van der Waals surface area (Å²) in [5.41, 5.74) is 3.70. The van der Waals surface area contributed by atoms with Gasteiger partial charge in [0.1, 0.15) is 0 Å². The fourth-order valence-electron chi connectivity index (χ4n) is 1.78. The quantitative estimate of drug-likeness (QED) is 0.646. The fourth-order valence-corrected chi connectivity index (χ4v) is 3.55. The van der Waals surface area contributed by atoms with Gasteiger partial charge in [0.15, 0.2) is 0 Å². The fraction of sp³-hybridized carbons (Fsp3) is 0.231. The van der Waals surface area contributed by atoms with E-state index in [1.807, 2.05) is 6.07 Å². The predicted octanol–water partition coefficient (Wildman–Crippen LogP) is 5.46. The van der Waals surface area contributed by atoms with E-state index in [4.69, 9.17) is 11.6 Å². The zero-order chi connectivity index (χ0) is 11.7. The minimum atomic E-state index is -0.0464. The van der Waals surface area contributed by atoms with Gasteiger partial charge in [0.2, 0.25) is 0 Å². The maximum absolute atomic E-state index is 6.48. The molecule has 16 heavy (non-hydrogen) atoms. The molecule has 0 radical (unpaired) electrons. The first-order chi connectivity index (χ1) is 7.56. The molecular formula is C13H12BrClS. The molecule has 0 bridgehead atoms. The number of hydrogen-bond donors (Lipinski definition) is 0. The predicted molar refractivity (Wildman–Crippen MR) is 75.6 cm³/mol. The minimum Gasteiger partial charge on any atom is -0.131 e. The highest BCUT2D eigenvalue weighted by Gasteiger charge is 2.13. The molecule has 84 valence electrons. The van der Waals surface area contributed by atoms with E-state index in [1.165, 1.54) is 21.6 Å². The van der Waals surface area contributed by atoms with Gasteiger partial charge >= 0.3 is 0 Å². The van der Waals surface area contributed by atoms with Crippen LogP contribution in [-0.4, -0.2) is 0 Å². The van der Waals surface area contributed by atoms with Crippen LogP contribution in [0, 0.1) is 13.8 Å². The standard InChI is InChI=1S/C13H12BrClS/c1-8-5-9(2)7-10(6-8)13(15)11-3-4-12(14)16-11/h3-7,13H,1-2H3. The maximum atomic E-state index is 6.48. The molecular weight excluding hydrogens is 304 g/mol. The molecule has 2 aromatic rings. The lowest BCUT2D eigenvalue weighted by molar-refractivity contribution is 1.16. The molecule has 1 unspecified atom stereocenters. The van der Waals surface area contributed by atoms with Crippen LogP contribution in [0.4, 0.5) is 0 Å².